The van der Waals surface area contributed by atoms with Crippen LogP contribution in [0.1, 0.15) is 16.7 Å². The number of halogens is 1. The Balaban J connectivity index is 1.46. The summed E-state index contributed by atoms with van der Waals surface area (Å²) in [5.74, 6) is 0.00780. The van der Waals surface area contributed by atoms with Gasteiger partial charge in [-0.25, -0.2) is 4.79 Å². The molecule has 1 saturated heterocycles. The molecule has 0 aromatic heterocycles. The quantitative estimate of drug-likeness (QED) is 0.140. The lowest BCUT2D eigenvalue weighted by molar-refractivity contribution is -0.384. The molecule has 0 radical (unpaired) electrons. The number of carbonyl (C=O) groups excluding carboxylic acids is 2. The zero-order valence-corrected chi connectivity index (χ0v) is 20.1. The van der Waals surface area contributed by atoms with E-state index in [0.29, 0.717) is 21.9 Å². The van der Waals surface area contributed by atoms with Crippen LogP contribution in [-0.4, -0.2) is 21.8 Å². The Kier molecular flexibility index (Phi) is 6.57. The third kappa shape index (κ3) is 5.14. The van der Waals surface area contributed by atoms with Crippen molar-refractivity contribution in [2.24, 2.45) is 0 Å². The predicted octanol–water partition coefficient (Wildman–Crippen LogP) is 6.07. The van der Waals surface area contributed by atoms with Crippen LogP contribution in [0.3, 0.4) is 0 Å². The van der Waals surface area contributed by atoms with E-state index in [1.807, 2.05) is 30.3 Å². The molecular weight excluding hydrogens is 494 g/mol. The molecule has 8 nitrogen and oxygen atoms in total. The van der Waals surface area contributed by atoms with Gasteiger partial charge >= 0.3 is 6.03 Å². The first kappa shape index (κ1) is 24.0. The molecule has 5 rings (SSSR count). The fourth-order valence-electron chi connectivity index (χ4n) is 4.10. The molecule has 0 spiro atoms. The van der Waals surface area contributed by atoms with E-state index in [1.54, 1.807) is 48.5 Å². The Morgan fingerprint density at radius 1 is 0.946 bits per heavy atom. The van der Waals surface area contributed by atoms with Crippen LogP contribution < -0.4 is 10.1 Å². The van der Waals surface area contributed by atoms with E-state index in [2.05, 4.69) is 5.32 Å². The predicted molar refractivity (Wildman–Crippen MR) is 140 cm³/mol. The minimum Gasteiger partial charge on any atom is -0.488 e. The van der Waals surface area contributed by atoms with Gasteiger partial charge in [0.15, 0.2) is 0 Å². The van der Waals surface area contributed by atoms with Crippen molar-refractivity contribution in [1.29, 1.82) is 0 Å². The van der Waals surface area contributed by atoms with Gasteiger partial charge in [-0.05, 0) is 46.2 Å². The number of nitro groups is 1. The fraction of sp³-hybridized carbons (Fsp3) is 0.0714. The molecule has 184 valence electrons. The first-order chi connectivity index (χ1) is 17.9. The highest BCUT2D eigenvalue weighted by Gasteiger charge is 2.33. The summed E-state index contributed by atoms with van der Waals surface area (Å²) in [5, 5.41) is 16.1. The molecule has 3 amide bonds. The lowest BCUT2D eigenvalue weighted by Gasteiger charge is -2.13. The average Bonchev–Trinajstić information content (AvgIpc) is 3.17. The number of rotatable bonds is 7. The first-order valence-electron chi connectivity index (χ1n) is 11.4. The molecule has 1 N–H and O–H groups in total. The van der Waals surface area contributed by atoms with Crippen LogP contribution in [0.25, 0.3) is 16.8 Å². The van der Waals surface area contributed by atoms with E-state index < -0.39 is 16.9 Å². The van der Waals surface area contributed by atoms with Gasteiger partial charge in [0.1, 0.15) is 18.1 Å². The maximum Gasteiger partial charge on any atom is 0.329 e. The molecule has 37 heavy (non-hydrogen) atoms. The highest BCUT2D eigenvalue weighted by Crippen LogP contribution is 2.32. The van der Waals surface area contributed by atoms with Gasteiger partial charge in [-0.3, -0.25) is 19.8 Å². The zero-order chi connectivity index (χ0) is 25.9. The normalized spacial score (nSPS) is 14.3. The molecule has 1 aliphatic heterocycles. The topological polar surface area (TPSA) is 102 Å². The second kappa shape index (κ2) is 10.1. The third-order valence-corrected chi connectivity index (χ3v) is 6.20. The molecule has 0 saturated carbocycles. The summed E-state index contributed by atoms with van der Waals surface area (Å²) in [6.45, 7) is 0.185. The van der Waals surface area contributed by atoms with E-state index >= 15 is 0 Å². The van der Waals surface area contributed by atoms with E-state index in [-0.39, 0.29) is 24.5 Å². The number of fused-ring (bicyclic) bond motifs is 1. The Morgan fingerprint density at radius 2 is 1.73 bits per heavy atom. The lowest BCUT2D eigenvalue weighted by atomic mass is 10.0. The van der Waals surface area contributed by atoms with Crippen molar-refractivity contribution in [3.8, 4) is 5.75 Å². The van der Waals surface area contributed by atoms with Crippen molar-refractivity contribution < 1.29 is 19.2 Å². The molecule has 9 heteroatoms. The van der Waals surface area contributed by atoms with Gasteiger partial charge in [-0.1, -0.05) is 66.2 Å². The van der Waals surface area contributed by atoms with Crippen LogP contribution in [0.2, 0.25) is 5.02 Å². The Morgan fingerprint density at radius 3 is 2.51 bits per heavy atom. The second-order valence-corrected chi connectivity index (χ2v) is 8.86. The molecule has 0 unspecified atom stereocenters. The standard InChI is InChI=1S/C28H20ClN3O5/c29-21-11-8-18(9-12-21)16-31-27(33)25(30-28(31)34)15-24-23-7-2-1-5-20(23)10-13-26(24)37-17-19-4-3-6-22(14-19)32(35)36/h1-15H,16-17H2,(H,30,34)/b25-15-. The van der Waals surface area contributed by atoms with E-state index in [0.717, 1.165) is 21.2 Å². The summed E-state index contributed by atoms with van der Waals surface area (Å²) in [4.78, 5) is 37.6. The summed E-state index contributed by atoms with van der Waals surface area (Å²) >= 11 is 5.94. The Hall–Kier alpha value is -4.69. The Labute approximate surface area is 216 Å². The van der Waals surface area contributed by atoms with Gasteiger partial charge in [0.25, 0.3) is 11.6 Å². The summed E-state index contributed by atoms with van der Waals surface area (Å²) in [6, 6.07) is 23.9. The number of urea groups is 1. The van der Waals surface area contributed by atoms with E-state index in [1.165, 1.54) is 12.1 Å². The summed E-state index contributed by atoms with van der Waals surface area (Å²) < 4.78 is 6.05. The molecule has 1 fully saturated rings. The number of ether oxygens (including phenoxy) is 1. The molecule has 0 atom stereocenters. The van der Waals surface area contributed by atoms with Crippen molar-refractivity contribution in [1.82, 2.24) is 10.2 Å². The highest BCUT2D eigenvalue weighted by atomic mass is 35.5. The number of nitro benzene ring substituents is 1. The van der Waals surface area contributed by atoms with Gasteiger partial charge in [0.2, 0.25) is 0 Å². The van der Waals surface area contributed by atoms with E-state index in [9.17, 15) is 19.7 Å². The number of carbonyl (C=O) groups is 2. The minimum atomic E-state index is -0.523. The van der Waals surface area contributed by atoms with Gasteiger partial charge in [0, 0.05) is 22.7 Å². The molecule has 1 aliphatic rings. The van der Waals surface area contributed by atoms with Crippen molar-refractivity contribution in [2.45, 2.75) is 13.2 Å². The largest absolute Gasteiger partial charge is 0.488 e. The SMILES string of the molecule is O=C1N/C(=C\c2c(OCc3cccc([N+](=O)[O-])c3)ccc3ccccc23)C(=O)N1Cc1ccc(Cl)cc1. The minimum absolute atomic E-state index is 0.0259. The molecule has 0 aliphatic carbocycles. The summed E-state index contributed by atoms with van der Waals surface area (Å²) in [7, 11) is 0. The van der Waals surface area contributed by atoms with E-state index in [4.69, 9.17) is 16.3 Å². The number of nitrogens with one attached hydrogen (secondary N) is 1. The van der Waals surface area contributed by atoms with Crippen LogP contribution >= 0.6 is 11.6 Å². The van der Waals surface area contributed by atoms with Crippen molar-refractivity contribution in [3.05, 3.63) is 122 Å². The third-order valence-electron chi connectivity index (χ3n) is 5.95. The van der Waals surface area contributed by atoms with Crippen LogP contribution in [0, 0.1) is 10.1 Å². The average molecular weight is 514 g/mol. The van der Waals surface area contributed by atoms with Crippen LogP contribution in [0.5, 0.6) is 5.75 Å². The maximum atomic E-state index is 13.2. The number of hydrogen-bond acceptors (Lipinski definition) is 5. The van der Waals surface area contributed by atoms with Gasteiger partial charge in [-0.2, -0.15) is 0 Å². The van der Waals surface area contributed by atoms with Crippen LogP contribution in [-0.2, 0) is 17.9 Å². The summed E-state index contributed by atoms with van der Waals surface area (Å²) in [6.07, 6.45) is 1.60. The second-order valence-electron chi connectivity index (χ2n) is 8.42. The number of amides is 3. The first-order valence-corrected chi connectivity index (χ1v) is 11.7. The molecule has 0 bridgehead atoms. The number of benzene rings is 4. The van der Waals surface area contributed by atoms with Crippen molar-refractivity contribution in [3.63, 3.8) is 0 Å². The smallest absolute Gasteiger partial charge is 0.329 e. The molecule has 4 aromatic carbocycles. The zero-order valence-electron chi connectivity index (χ0n) is 19.4. The van der Waals surface area contributed by atoms with Crippen LogP contribution in [0.15, 0.2) is 90.6 Å². The van der Waals surface area contributed by atoms with Crippen molar-refractivity contribution >= 4 is 46.1 Å². The number of imide groups is 1. The number of nitrogens with zero attached hydrogens (tertiary/aromatic N) is 2. The van der Waals surface area contributed by atoms with Crippen molar-refractivity contribution in [2.75, 3.05) is 0 Å². The Bertz CT molecular complexity index is 1570. The van der Waals surface area contributed by atoms with Crippen LogP contribution in [0.4, 0.5) is 10.5 Å². The highest BCUT2D eigenvalue weighted by molar-refractivity contribution is 6.30. The summed E-state index contributed by atoms with van der Waals surface area (Å²) in [5.41, 5.74) is 2.10. The fourth-order valence-corrected chi connectivity index (χ4v) is 4.23. The molecule has 4 aromatic rings. The van der Waals surface area contributed by atoms with Gasteiger partial charge < -0.3 is 10.1 Å². The monoisotopic (exact) mass is 513 g/mol. The van der Waals surface area contributed by atoms with Gasteiger partial charge in [0.05, 0.1) is 11.5 Å². The number of hydrogen-bond donors (Lipinski definition) is 1. The molecule has 1 heterocycles. The maximum absolute atomic E-state index is 13.2. The lowest BCUT2D eigenvalue weighted by Crippen LogP contribution is -2.30. The van der Waals surface area contributed by atoms with Gasteiger partial charge in [-0.15, -0.1) is 0 Å². The molecular formula is C28H20ClN3O5. The number of non-ortho nitro benzene ring substituents is 1.